The van der Waals surface area contributed by atoms with Crippen molar-refractivity contribution in [2.75, 3.05) is 11.9 Å². The third kappa shape index (κ3) is 7.44. The van der Waals surface area contributed by atoms with Crippen molar-refractivity contribution in [2.45, 2.75) is 51.5 Å². The number of hydrogen-bond acceptors (Lipinski definition) is 7. The Morgan fingerprint density at radius 2 is 1.97 bits per heavy atom. The number of benzene rings is 1. The van der Waals surface area contributed by atoms with Crippen LogP contribution in [0.3, 0.4) is 0 Å². The Hall–Kier alpha value is -3.30. The molecule has 2 aromatic rings. The molecule has 1 aliphatic heterocycles. The van der Waals surface area contributed by atoms with Crippen molar-refractivity contribution in [1.82, 2.24) is 20.8 Å². The number of hydrogen-bond donors (Lipinski definition) is 3. The molecular weight excluding hydrogens is 410 g/mol. The average Bonchev–Trinajstić information content (AvgIpc) is 2.83. The van der Waals surface area contributed by atoms with Crippen LogP contribution in [-0.4, -0.2) is 40.7 Å². The summed E-state index contributed by atoms with van der Waals surface area (Å²) < 4.78 is 5.38. The van der Waals surface area contributed by atoms with E-state index < -0.39 is 18.2 Å². The van der Waals surface area contributed by atoms with Gasteiger partial charge in [-0.1, -0.05) is 30.3 Å². The summed E-state index contributed by atoms with van der Waals surface area (Å²) in [5, 5.41) is 5.99. The van der Waals surface area contributed by atoms with Gasteiger partial charge < -0.3 is 15.4 Å². The van der Waals surface area contributed by atoms with Gasteiger partial charge in [0, 0.05) is 19.1 Å². The second-order valence-electron chi connectivity index (χ2n) is 7.55. The summed E-state index contributed by atoms with van der Waals surface area (Å²) >= 11 is 0. The minimum absolute atomic E-state index is 0.105. The number of aromatic nitrogens is 2. The maximum absolute atomic E-state index is 12.5. The zero-order valence-corrected chi connectivity index (χ0v) is 18.3. The first-order valence-corrected chi connectivity index (χ1v) is 10.7. The fraction of sp³-hybridized carbons (Fsp3) is 0.391. The van der Waals surface area contributed by atoms with Crippen molar-refractivity contribution < 1.29 is 19.2 Å². The molecule has 2 amide bonds. The van der Waals surface area contributed by atoms with Crippen LogP contribution in [0.15, 0.2) is 48.8 Å². The molecule has 3 N–H and O–H groups in total. The summed E-state index contributed by atoms with van der Waals surface area (Å²) in [6.07, 6.45) is 8.22. The van der Waals surface area contributed by atoms with Gasteiger partial charge in [0.25, 0.3) is 5.91 Å². The van der Waals surface area contributed by atoms with Gasteiger partial charge in [-0.25, -0.2) is 15.3 Å². The van der Waals surface area contributed by atoms with Crippen molar-refractivity contribution in [3.63, 3.8) is 0 Å². The number of anilines is 1. The van der Waals surface area contributed by atoms with Crippen LogP contribution in [0.4, 0.5) is 5.82 Å². The molecule has 1 aromatic heterocycles. The van der Waals surface area contributed by atoms with E-state index in [4.69, 9.17) is 9.57 Å². The predicted molar refractivity (Wildman–Crippen MR) is 120 cm³/mol. The highest BCUT2D eigenvalue weighted by atomic mass is 16.8. The molecule has 1 aromatic carbocycles. The standard InChI is InChI=1S/C23H29N5O4/c1-16(18-8-4-3-5-9-18)27-23(30)17(2)26-20-15-24-19(14-25-20)11-12-21(29)28-32-22-10-6-7-13-31-22/h3-5,8-9,11-12,14-17,22H,6-7,10,13H2,1-2H3,(H,25,26)(H,27,30)(H,28,29)/t16-,17+,22?/m0/s1. The molecule has 0 saturated carbocycles. The third-order valence-electron chi connectivity index (χ3n) is 4.92. The molecule has 1 fully saturated rings. The van der Waals surface area contributed by atoms with Crippen molar-refractivity contribution >= 4 is 23.7 Å². The number of hydroxylamine groups is 1. The molecule has 0 bridgehead atoms. The second kappa shape index (κ2) is 11.9. The van der Waals surface area contributed by atoms with Crippen molar-refractivity contribution in [3.8, 4) is 0 Å². The molecule has 2 heterocycles. The summed E-state index contributed by atoms with van der Waals surface area (Å²) in [6, 6.07) is 9.15. The Bertz CT molecular complexity index is 898. The lowest BCUT2D eigenvalue weighted by atomic mass is 10.1. The van der Waals surface area contributed by atoms with Crippen LogP contribution in [0.2, 0.25) is 0 Å². The Morgan fingerprint density at radius 3 is 2.66 bits per heavy atom. The summed E-state index contributed by atoms with van der Waals surface area (Å²) in [6.45, 7) is 4.33. The van der Waals surface area contributed by atoms with E-state index >= 15 is 0 Å². The summed E-state index contributed by atoms with van der Waals surface area (Å²) in [4.78, 5) is 38.0. The number of ether oxygens (including phenoxy) is 1. The van der Waals surface area contributed by atoms with E-state index in [9.17, 15) is 9.59 Å². The van der Waals surface area contributed by atoms with Gasteiger partial charge in [-0.15, -0.1) is 0 Å². The van der Waals surface area contributed by atoms with Crippen LogP contribution >= 0.6 is 0 Å². The highest BCUT2D eigenvalue weighted by Gasteiger charge is 2.17. The molecule has 1 saturated heterocycles. The molecule has 170 valence electrons. The topological polar surface area (TPSA) is 114 Å². The SMILES string of the molecule is C[C@H](NC(=O)[C@@H](C)Nc1cnc(C=CC(=O)NOC2CCCCO2)cn1)c1ccccc1. The second-order valence-corrected chi connectivity index (χ2v) is 7.55. The van der Waals surface area contributed by atoms with Crippen molar-refractivity contribution in [3.05, 3.63) is 60.1 Å². The van der Waals surface area contributed by atoms with Gasteiger partial charge in [-0.05, 0) is 38.3 Å². The lowest BCUT2D eigenvalue weighted by molar-refractivity contribution is -0.198. The van der Waals surface area contributed by atoms with Gasteiger partial charge >= 0.3 is 0 Å². The first-order chi connectivity index (χ1) is 15.5. The van der Waals surface area contributed by atoms with Gasteiger partial charge in [0.15, 0.2) is 6.29 Å². The molecule has 3 atom stereocenters. The molecular formula is C23H29N5O4. The highest BCUT2D eigenvalue weighted by Crippen LogP contribution is 2.13. The van der Waals surface area contributed by atoms with Crippen LogP contribution < -0.4 is 16.1 Å². The average molecular weight is 440 g/mol. The van der Waals surface area contributed by atoms with Crippen LogP contribution in [0.25, 0.3) is 6.08 Å². The molecule has 9 nitrogen and oxygen atoms in total. The van der Waals surface area contributed by atoms with E-state index in [1.807, 2.05) is 37.3 Å². The normalized spacial score (nSPS) is 18.0. The number of nitrogens with one attached hydrogen (secondary N) is 3. The fourth-order valence-corrected chi connectivity index (χ4v) is 3.07. The van der Waals surface area contributed by atoms with Crippen LogP contribution in [0, 0.1) is 0 Å². The number of amides is 2. The molecule has 1 aliphatic rings. The lowest BCUT2D eigenvalue weighted by Gasteiger charge is -2.21. The van der Waals surface area contributed by atoms with E-state index in [1.54, 1.807) is 6.92 Å². The van der Waals surface area contributed by atoms with Gasteiger partial charge in [-0.2, -0.15) is 0 Å². The third-order valence-corrected chi connectivity index (χ3v) is 4.92. The Kier molecular flexibility index (Phi) is 8.70. The summed E-state index contributed by atoms with van der Waals surface area (Å²) in [7, 11) is 0. The number of nitrogens with zero attached hydrogens (tertiary/aromatic N) is 2. The maximum atomic E-state index is 12.5. The van der Waals surface area contributed by atoms with E-state index in [0.29, 0.717) is 18.1 Å². The molecule has 1 unspecified atom stereocenters. The smallest absolute Gasteiger partial charge is 0.267 e. The zero-order valence-electron chi connectivity index (χ0n) is 18.3. The molecule has 0 spiro atoms. The highest BCUT2D eigenvalue weighted by molar-refractivity contribution is 5.90. The van der Waals surface area contributed by atoms with Crippen molar-refractivity contribution in [1.29, 1.82) is 0 Å². The molecule has 0 aliphatic carbocycles. The summed E-state index contributed by atoms with van der Waals surface area (Å²) in [5.74, 6) is -0.105. The first kappa shape index (κ1) is 23.4. The van der Waals surface area contributed by atoms with Crippen LogP contribution in [0.1, 0.15) is 50.4 Å². The van der Waals surface area contributed by atoms with Crippen LogP contribution in [0.5, 0.6) is 0 Å². The Morgan fingerprint density at radius 1 is 1.16 bits per heavy atom. The largest absolute Gasteiger partial charge is 0.357 e. The van der Waals surface area contributed by atoms with Gasteiger partial charge in [0.05, 0.1) is 24.1 Å². The van der Waals surface area contributed by atoms with E-state index in [2.05, 4.69) is 26.1 Å². The minimum atomic E-state index is -0.498. The minimum Gasteiger partial charge on any atom is -0.357 e. The van der Waals surface area contributed by atoms with Crippen LogP contribution in [-0.2, 0) is 19.2 Å². The fourth-order valence-electron chi connectivity index (χ4n) is 3.07. The maximum Gasteiger partial charge on any atom is 0.267 e. The number of rotatable bonds is 9. The van der Waals surface area contributed by atoms with Gasteiger partial charge in [0.1, 0.15) is 11.9 Å². The number of carbonyl (C=O) groups is 2. The van der Waals surface area contributed by atoms with Gasteiger partial charge in [0.2, 0.25) is 5.91 Å². The molecule has 9 heteroatoms. The number of carbonyl (C=O) groups excluding carboxylic acids is 2. The predicted octanol–water partition coefficient (Wildman–Crippen LogP) is 2.74. The quantitative estimate of drug-likeness (QED) is 0.407. The van der Waals surface area contributed by atoms with E-state index in [0.717, 1.165) is 24.8 Å². The zero-order chi connectivity index (χ0) is 22.8. The molecule has 32 heavy (non-hydrogen) atoms. The van der Waals surface area contributed by atoms with E-state index in [-0.39, 0.29) is 11.9 Å². The van der Waals surface area contributed by atoms with E-state index in [1.165, 1.54) is 24.5 Å². The Balaban J connectivity index is 1.43. The molecule has 3 rings (SSSR count). The first-order valence-electron chi connectivity index (χ1n) is 10.7. The van der Waals surface area contributed by atoms with Crippen molar-refractivity contribution in [2.24, 2.45) is 0 Å². The summed E-state index contributed by atoms with van der Waals surface area (Å²) in [5.41, 5.74) is 3.87. The monoisotopic (exact) mass is 439 g/mol. The van der Waals surface area contributed by atoms with Gasteiger partial charge in [-0.3, -0.25) is 14.6 Å². The Labute approximate surface area is 187 Å². The lowest BCUT2D eigenvalue weighted by Crippen LogP contribution is -2.39. The molecule has 0 radical (unpaired) electrons.